The minimum absolute atomic E-state index is 0.582. The quantitative estimate of drug-likeness (QED) is 0.903. The summed E-state index contributed by atoms with van der Waals surface area (Å²) in [5.74, 6) is 2.63. The van der Waals surface area contributed by atoms with Gasteiger partial charge in [-0.3, -0.25) is 0 Å². The highest BCUT2D eigenvalue weighted by atomic mass is 15.2. The Bertz CT molecular complexity index is 405. The predicted molar refractivity (Wildman–Crippen MR) is 81.4 cm³/mol. The molecule has 3 nitrogen and oxygen atoms in total. The lowest BCUT2D eigenvalue weighted by Crippen LogP contribution is -2.46. The van der Waals surface area contributed by atoms with E-state index in [4.69, 9.17) is 4.98 Å². The maximum absolute atomic E-state index is 4.82. The van der Waals surface area contributed by atoms with Gasteiger partial charge in [-0.25, -0.2) is 4.98 Å². The zero-order chi connectivity index (χ0) is 13.8. The molecule has 0 radical (unpaired) electrons. The Balaban J connectivity index is 2.15. The first-order valence-electron chi connectivity index (χ1n) is 7.55. The average molecular weight is 261 g/mol. The highest BCUT2D eigenvalue weighted by Crippen LogP contribution is 2.30. The summed E-state index contributed by atoms with van der Waals surface area (Å²) in [5, 5.41) is 3.34. The summed E-state index contributed by atoms with van der Waals surface area (Å²) in [6, 6.07) is 6.97. The fourth-order valence-corrected chi connectivity index (χ4v) is 3.00. The molecule has 0 bridgehead atoms. The third-order valence-corrected chi connectivity index (χ3v) is 4.24. The molecule has 1 aliphatic rings. The van der Waals surface area contributed by atoms with Crippen molar-refractivity contribution in [2.45, 2.75) is 46.7 Å². The molecule has 1 fully saturated rings. The van der Waals surface area contributed by atoms with Crippen LogP contribution in [-0.4, -0.2) is 24.1 Å². The molecular formula is C16H27N3. The summed E-state index contributed by atoms with van der Waals surface area (Å²) in [6.45, 7) is 12.1. The van der Waals surface area contributed by atoms with Crippen LogP contribution < -0.4 is 10.2 Å². The molecule has 3 unspecified atom stereocenters. The van der Waals surface area contributed by atoms with Gasteiger partial charge in [0.15, 0.2) is 0 Å². The van der Waals surface area contributed by atoms with Crippen LogP contribution in [0.25, 0.3) is 0 Å². The molecule has 0 aromatic carbocycles. The molecule has 1 N–H and O–H groups in total. The summed E-state index contributed by atoms with van der Waals surface area (Å²) in [7, 11) is 0. The van der Waals surface area contributed by atoms with Crippen molar-refractivity contribution in [2.24, 2.45) is 11.8 Å². The number of hydrogen-bond donors (Lipinski definition) is 1. The van der Waals surface area contributed by atoms with Crippen molar-refractivity contribution in [3.8, 4) is 0 Å². The molecule has 3 atom stereocenters. The van der Waals surface area contributed by atoms with Crippen molar-refractivity contribution in [3.05, 3.63) is 23.9 Å². The van der Waals surface area contributed by atoms with Crippen molar-refractivity contribution in [3.63, 3.8) is 0 Å². The van der Waals surface area contributed by atoms with Crippen molar-refractivity contribution >= 4 is 5.82 Å². The first-order chi connectivity index (χ1) is 9.11. The van der Waals surface area contributed by atoms with Gasteiger partial charge in [0, 0.05) is 19.1 Å². The number of aromatic nitrogens is 1. The maximum atomic E-state index is 4.82. The van der Waals surface area contributed by atoms with Crippen molar-refractivity contribution in [1.29, 1.82) is 0 Å². The zero-order valence-electron chi connectivity index (χ0n) is 12.7. The first kappa shape index (κ1) is 14.3. The predicted octanol–water partition coefficient (Wildman–Crippen LogP) is 3.06. The molecule has 1 saturated heterocycles. The third-order valence-electron chi connectivity index (χ3n) is 4.24. The topological polar surface area (TPSA) is 28.2 Å². The molecule has 19 heavy (non-hydrogen) atoms. The normalized spacial score (nSPS) is 27.6. The largest absolute Gasteiger partial charge is 0.353 e. The molecule has 0 saturated carbocycles. The van der Waals surface area contributed by atoms with E-state index >= 15 is 0 Å². The molecule has 0 amide bonds. The summed E-state index contributed by atoms with van der Waals surface area (Å²) in [6.07, 6.45) is 1.33. The lowest BCUT2D eigenvalue weighted by atomic mass is 9.86. The molecule has 0 spiro atoms. The molecule has 3 heteroatoms. The molecule has 1 aromatic rings. The molecule has 2 heterocycles. The van der Waals surface area contributed by atoms with Crippen molar-refractivity contribution < 1.29 is 0 Å². The Labute approximate surface area is 117 Å². The summed E-state index contributed by atoms with van der Waals surface area (Å²) < 4.78 is 0. The Hall–Kier alpha value is -1.09. The number of nitrogens with one attached hydrogen (secondary N) is 1. The molecule has 0 aliphatic carbocycles. The standard InChI is InChI=1S/C16H27N3/c1-5-17-10-15-7-6-8-16(18-15)19-11-12(2)9-13(3)14(19)4/h6-8,12-14,17H,5,9-11H2,1-4H3. The zero-order valence-corrected chi connectivity index (χ0v) is 12.7. The van der Waals surface area contributed by atoms with Crippen LogP contribution in [0.15, 0.2) is 18.2 Å². The third kappa shape index (κ3) is 3.47. The van der Waals surface area contributed by atoms with Crippen LogP contribution in [0, 0.1) is 11.8 Å². The van der Waals surface area contributed by atoms with E-state index in [9.17, 15) is 0 Å². The Morgan fingerprint density at radius 2 is 2.11 bits per heavy atom. The highest BCUT2D eigenvalue weighted by Gasteiger charge is 2.29. The summed E-state index contributed by atoms with van der Waals surface area (Å²) in [5.41, 5.74) is 1.14. The minimum Gasteiger partial charge on any atom is -0.353 e. The van der Waals surface area contributed by atoms with Crippen LogP contribution in [0.3, 0.4) is 0 Å². The van der Waals surface area contributed by atoms with E-state index in [0.717, 1.165) is 43.0 Å². The fraction of sp³-hybridized carbons (Fsp3) is 0.688. The second-order valence-corrected chi connectivity index (χ2v) is 5.98. The summed E-state index contributed by atoms with van der Waals surface area (Å²) in [4.78, 5) is 7.30. The van der Waals surface area contributed by atoms with Gasteiger partial charge in [0.2, 0.25) is 0 Å². The van der Waals surface area contributed by atoms with E-state index in [1.165, 1.54) is 6.42 Å². The van der Waals surface area contributed by atoms with E-state index in [0.29, 0.717) is 6.04 Å². The van der Waals surface area contributed by atoms with Crippen LogP contribution in [0.4, 0.5) is 5.82 Å². The van der Waals surface area contributed by atoms with E-state index in [1.807, 2.05) is 0 Å². The minimum atomic E-state index is 0.582. The van der Waals surface area contributed by atoms with E-state index in [-0.39, 0.29) is 0 Å². The Kier molecular flexibility index (Phi) is 4.81. The van der Waals surface area contributed by atoms with E-state index in [2.05, 4.69) is 56.1 Å². The second kappa shape index (κ2) is 6.38. The van der Waals surface area contributed by atoms with Crippen LogP contribution >= 0.6 is 0 Å². The Morgan fingerprint density at radius 3 is 2.84 bits per heavy atom. The van der Waals surface area contributed by atoms with Crippen LogP contribution in [0.5, 0.6) is 0 Å². The highest BCUT2D eigenvalue weighted by molar-refractivity contribution is 5.41. The number of nitrogens with zero attached hydrogens (tertiary/aromatic N) is 2. The van der Waals surface area contributed by atoms with Gasteiger partial charge in [-0.2, -0.15) is 0 Å². The number of piperidine rings is 1. The van der Waals surface area contributed by atoms with Crippen molar-refractivity contribution in [1.82, 2.24) is 10.3 Å². The van der Waals surface area contributed by atoms with Gasteiger partial charge in [-0.15, -0.1) is 0 Å². The van der Waals surface area contributed by atoms with Gasteiger partial charge in [0.1, 0.15) is 5.82 Å². The van der Waals surface area contributed by atoms with Gasteiger partial charge in [-0.05, 0) is 43.9 Å². The van der Waals surface area contributed by atoms with Crippen molar-refractivity contribution in [2.75, 3.05) is 18.0 Å². The molecule has 1 aromatic heterocycles. The number of rotatable bonds is 4. The van der Waals surface area contributed by atoms with E-state index < -0.39 is 0 Å². The fourth-order valence-electron chi connectivity index (χ4n) is 3.00. The summed E-state index contributed by atoms with van der Waals surface area (Å²) >= 11 is 0. The first-order valence-corrected chi connectivity index (χ1v) is 7.55. The van der Waals surface area contributed by atoms with Gasteiger partial charge in [0.05, 0.1) is 5.69 Å². The van der Waals surface area contributed by atoms with Gasteiger partial charge in [0.25, 0.3) is 0 Å². The Morgan fingerprint density at radius 1 is 1.32 bits per heavy atom. The smallest absolute Gasteiger partial charge is 0.129 e. The van der Waals surface area contributed by atoms with Gasteiger partial charge >= 0.3 is 0 Å². The maximum Gasteiger partial charge on any atom is 0.129 e. The number of pyridine rings is 1. The average Bonchev–Trinajstić information content (AvgIpc) is 2.41. The van der Waals surface area contributed by atoms with Crippen LogP contribution in [-0.2, 0) is 6.54 Å². The lowest BCUT2D eigenvalue weighted by molar-refractivity contribution is 0.295. The van der Waals surface area contributed by atoms with Gasteiger partial charge in [-0.1, -0.05) is 26.8 Å². The molecule has 2 rings (SSSR count). The molecular weight excluding hydrogens is 234 g/mol. The molecule has 1 aliphatic heterocycles. The lowest BCUT2D eigenvalue weighted by Gasteiger charge is -2.42. The van der Waals surface area contributed by atoms with Crippen LogP contribution in [0.2, 0.25) is 0 Å². The van der Waals surface area contributed by atoms with Crippen LogP contribution in [0.1, 0.15) is 39.8 Å². The monoisotopic (exact) mass is 261 g/mol. The SMILES string of the molecule is CCNCc1cccc(N2CC(C)CC(C)C2C)n1. The number of hydrogen-bond acceptors (Lipinski definition) is 3. The van der Waals surface area contributed by atoms with E-state index in [1.54, 1.807) is 0 Å². The number of anilines is 1. The molecule has 106 valence electrons. The second-order valence-electron chi connectivity index (χ2n) is 5.98. The van der Waals surface area contributed by atoms with Gasteiger partial charge < -0.3 is 10.2 Å².